The van der Waals surface area contributed by atoms with Gasteiger partial charge in [-0.15, -0.1) is 0 Å². The molecule has 26 heavy (non-hydrogen) atoms. The highest BCUT2D eigenvalue weighted by Crippen LogP contribution is 2.19. The summed E-state index contributed by atoms with van der Waals surface area (Å²) in [6, 6.07) is 3.86. The van der Waals surface area contributed by atoms with Crippen LogP contribution in [0, 0.1) is 0 Å². The summed E-state index contributed by atoms with van der Waals surface area (Å²) < 4.78 is 5.00. The van der Waals surface area contributed by atoms with Crippen molar-refractivity contribution in [2.24, 2.45) is 0 Å². The van der Waals surface area contributed by atoms with Crippen molar-refractivity contribution >= 4 is 29.3 Å². The highest BCUT2D eigenvalue weighted by Gasteiger charge is 2.21. The van der Waals surface area contributed by atoms with E-state index >= 15 is 0 Å². The fourth-order valence-corrected chi connectivity index (χ4v) is 2.34. The van der Waals surface area contributed by atoms with Gasteiger partial charge in [-0.3, -0.25) is 4.79 Å². The number of ether oxygens (including phenoxy) is 1. The lowest BCUT2D eigenvalue weighted by molar-refractivity contribution is -0.145. The molecule has 1 aromatic rings. The fourth-order valence-electron chi connectivity index (χ4n) is 2.34. The van der Waals surface area contributed by atoms with Crippen LogP contribution >= 0.6 is 0 Å². The number of carbonyl (C=O) groups excluding carboxylic acids is 3. The van der Waals surface area contributed by atoms with Crippen molar-refractivity contribution in [2.75, 3.05) is 17.7 Å². The minimum absolute atomic E-state index is 0.172. The molecule has 0 aliphatic heterocycles. The summed E-state index contributed by atoms with van der Waals surface area (Å²) in [6.45, 7) is 5.55. The number of rotatable bonds is 9. The van der Waals surface area contributed by atoms with Gasteiger partial charge in [0.25, 0.3) is 0 Å². The summed E-state index contributed by atoms with van der Waals surface area (Å²) in [4.78, 5) is 35.4. The molecule has 0 saturated heterocycles. The topological polar surface area (TPSA) is 123 Å². The van der Waals surface area contributed by atoms with Gasteiger partial charge in [0.2, 0.25) is 5.91 Å². The Morgan fingerprint density at radius 1 is 1.23 bits per heavy atom. The number of hydrogen-bond acceptors (Lipinski definition) is 5. The number of hydrogen-bond donors (Lipinski definition) is 4. The molecule has 5 N–H and O–H groups in total. The third-order valence-corrected chi connectivity index (χ3v) is 3.61. The Labute approximate surface area is 153 Å². The molecule has 1 aromatic carbocycles. The third kappa shape index (κ3) is 7.42. The summed E-state index contributed by atoms with van der Waals surface area (Å²) >= 11 is 0. The van der Waals surface area contributed by atoms with Gasteiger partial charge in [0.1, 0.15) is 6.04 Å². The molecule has 3 amide bonds. The number of nitrogens with one attached hydrogen (secondary N) is 3. The smallest absolute Gasteiger partial charge is 0.328 e. The lowest BCUT2D eigenvalue weighted by atomic mass is 10.1. The highest BCUT2D eigenvalue weighted by molar-refractivity contribution is 5.90. The number of benzene rings is 1. The van der Waals surface area contributed by atoms with Crippen molar-refractivity contribution in [2.45, 2.75) is 52.6 Å². The van der Waals surface area contributed by atoms with Gasteiger partial charge in [-0.25, -0.2) is 9.59 Å². The second-order valence-corrected chi connectivity index (χ2v) is 5.87. The zero-order chi connectivity index (χ0) is 19.5. The molecule has 0 aliphatic carbocycles. The number of amides is 3. The lowest BCUT2D eigenvalue weighted by Gasteiger charge is -2.18. The third-order valence-electron chi connectivity index (χ3n) is 3.61. The largest absolute Gasteiger partial charge is 0.464 e. The average Bonchev–Trinajstić information content (AvgIpc) is 2.57. The average molecular weight is 364 g/mol. The molecule has 0 heterocycles. The molecule has 1 rings (SSSR count). The highest BCUT2D eigenvalue weighted by atomic mass is 16.5. The van der Waals surface area contributed by atoms with Crippen molar-refractivity contribution < 1.29 is 19.1 Å². The predicted octanol–water partition coefficient (Wildman–Crippen LogP) is 2.15. The zero-order valence-corrected chi connectivity index (χ0v) is 15.6. The first kappa shape index (κ1) is 21.3. The number of nitrogen functional groups attached to an aromatic ring is 1. The van der Waals surface area contributed by atoms with Crippen molar-refractivity contribution in [3.8, 4) is 0 Å². The van der Waals surface area contributed by atoms with E-state index in [9.17, 15) is 14.4 Å². The number of urea groups is 1. The van der Waals surface area contributed by atoms with Crippen LogP contribution in [0.2, 0.25) is 0 Å². The Bertz CT molecular complexity index is 634. The molecule has 0 fully saturated rings. The number of carbonyl (C=O) groups is 3. The Morgan fingerprint density at radius 2 is 1.96 bits per heavy atom. The van der Waals surface area contributed by atoms with E-state index in [2.05, 4.69) is 16.0 Å². The van der Waals surface area contributed by atoms with Gasteiger partial charge in [-0.05, 0) is 31.0 Å². The maximum absolute atomic E-state index is 12.2. The molecule has 8 nitrogen and oxygen atoms in total. The van der Waals surface area contributed by atoms with Crippen molar-refractivity contribution in [3.63, 3.8) is 0 Å². The Balaban J connectivity index is 2.69. The van der Waals surface area contributed by atoms with E-state index in [0.29, 0.717) is 23.4 Å². The molecule has 0 aliphatic rings. The van der Waals surface area contributed by atoms with Crippen LogP contribution in [0.3, 0.4) is 0 Å². The second-order valence-electron chi connectivity index (χ2n) is 5.87. The van der Waals surface area contributed by atoms with Gasteiger partial charge < -0.3 is 26.4 Å². The quantitative estimate of drug-likeness (QED) is 0.395. The molecular formula is C18H28N4O4. The van der Waals surface area contributed by atoms with E-state index in [-0.39, 0.29) is 19.1 Å². The van der Waals surface area contributed by atoms with Gasteiger partial charge in [-0.2, -0.15) is 0 Å². The molecule has 0 bridgehead atoms. The SMILES string of the molecule is CCCC[C@@H](NC(=O)NCc1ccc(N)cc1NC(C)=O)C(=O)OCC. The number of nitrogens with two attached hydrogens (primary N) is 1. The standard InChI is InChI=1S/C18H28N4O4/c1-4-6-7-15(17(24)26-5-2)22-18(25)20-11-13-8-9-14(19)10-16(13)21-12(3)23/h8-10,15H,4-7,11,19H2,1-3H3,(H,21,23)(H2,20,22,25)/t15-/m1/s1. The Hall–Kier alpha value is -2.77. The van der Waals surface area contributed by atoms with E-state index in [1.54, 1.807) is 25.1 Å². The maximum Gasteiger partial charge on any atom is 0.328 e. The summed E-state index contributed by atoms with van der Waals surface area (Å²) in [5.41, 5.74) is 7.47. The fraction of sp³-hybridized carbons (Fsp3) is 0.500. The lowest BCUT2D eigenvalue weighted by Crippen LogP contribution is -2.46. The minimum Gasteiger partial charge on any atom is -0.464 e. The summed E-state index contributed by atoms with van der Waals surface area (Å²) in [5, 5.41) is 8.00. The first-order chi connectivity index (χ1) is 12.4. The molecule has 0 aromatic heterocycles. The number of unbranched alkanes of at least 4 members (excludes halogenated alkanes) is 1. The van der Waals surface area contributed by atoms with Crippen LogP contribution in [0.4, 0.5) is 16.2 Å². The number of anilines is 2. The van der Waals surface area contributed by atoms with Crippen LogP contribution in [0.1, 0.15) is 45.6 Å². The van der Waals surface area contributed by atoms with E-state index in [0.717, 1.165) is 12.8 Å². The van der Waals surface area contributed by atoms with Crippen LogP contribution in [-0.4, -0.2) is 30.6 Å². The second kappa shape index (κ2) is 11.0. The summed E-state index contributed by atoms with van der Waals surface area (Å²) in [5.74, 6) is -0.675. The molecule has 0 spiro atoms. The van der Waals surface area contributed by atoms with Crippen LogP contribution in [0.15, 0.2) is 18.2 Å². The van der Waals surface area contributed by atoms with Crippen molar-refractivity contribution in [1.82, 2.24) is 10.6 Å². The van der Waals surface area contributed by atoms with Gasteiger partial charge in [0, 0.05) is 24.8 Å². The van der Waals surface area contributed by atoms with Crippen LogP contribution in [0.25, 0.3) is 0 Å². The van der Waals surface area contributed by atoms with Crippen LogP contribution < -0.4 is 21.7 Å². The molecule has 8 heteroatoms. The summed E-state index contributed by atoms with van der Waals surface area (Å²) in [7, 11) is 0. The van der Waals surface area contributed by atoms with Crippen LogP contribution in [0.5, 0.6) is 0 Å². The molecule has 0 saturated carbocycles. The monoisotopic (exact) mass is 364 g/mol. The van der Waals surface area contributed by atoms with Crippen molar-refractivity contribution in [1.29, 1.82) is 0 Å². The van der Waals surface area contributed by atoms with E-state index in [1.165, 1.54) is 6.92 Å². The first-order valence-corrected chi connectivity index (χ1v) is 8.74. The van der Waals surface area contributed by atoms with Crippen LogP contribution in [-0.2, 0) is 20.9 Å². The van der Waals surface area contributed by atoms with Gasteiger partial charge in [0.15, 0.2) is 0 Å². The molecule has 0 radical (unpaired) electrons. The maximum atomic E-state index is 12.2. The molecule has 1 atom stereocenters. The van der Waals surface area contributed by atoms with E-state index < -0.39 is 18.0 Å². The zero-order valence-electron chi connectivity index (χ0n) is 15.6. The van der Waals surface area contributed by atoms with Gasteiger partial charge >= 0.3 is 12.0 Å². The molecule has 144 valence electrons. The number of esters is 1. The normalized spacial score (nSPS) is 11.3. The molecule has 0 unspecified atom stereocenters. The Kier molecular flexibility index (Phi) is 8.97. The van der Waals surface area contributed by atoms with Gasteiger partial charge in [-0.1, -0.05) is 25.8 Å². The van der Waals surface area contributed by atoms with Gasteiger partial charge in [0.05, 0.1) is 6.61 Å². The van der Waals surface area contributed by atoms with E-state index in [4.69, 9.17) is 10.5 Å². The van der Waals surface area contributed by atoms with Crippen molar-refractivity contribution in [3.05, 3.63) is 23.8 Å². The predicted molar refractivity (Wildman–Crippen MR) is 100 cm³/mol. The Morgan fingerprint density at radius 3 is 2.58 bits per heavy atom. The summed E-state index contributed by atoms with van der Waals surface area (Å²) in [6.07, 6.45) is 2.22. The van der Waals surface area contributed by atoms with E-state index in [1.807, 2.05) is 6.92 Å². The molecular weight excluding hydrogens is 336 g/mol. The first-order valence-electron chi connectivity index (χ1n) is 8.74. The minimum atomic E-state index is -0.684.